The van der Waals surface area contributed by atoms with Crippen molar-refractivity contribution in [2.45, 2.75) is 62.4 Å². The van der Waals surface area contributed by atoms with Crippen LogP contribution in [0.25, 0.3) is 5.69 Å². The first-order chi connectivity index (χ1) is 17.4. The number of nitro benzene ring substituents is 1. The lowest BCUT2D eigenvalue weighted by atomic mass is 10.0. The molecule has 1 saturated carbocycles. The molecule has 1 aliphatic carbocycles. The van der Waals surface area contributed by atoms with Crippen LogP contribution in [0.2, 0.25) is 0 Å². The fraction of sp³-hybridized carbons (Fsp3) is 0.423. The van der Waals surface area contributed by atoms with Crippen LogP contribution in [0, 0.1) is 16.0 Å². The maximum Gasteiger partial charge on any atom is 0.269 e. The van der Waals surface area contributed by atoms with Gasteiger partial charge in [0.1, 0.15) is 5.75 Å². The minimum Gasteiger partial charge on any atom is -0.497 e. The van der Waals surface area contributed by atoms with E-state index in [0.29, 0.717) is 34.8 Å². The van der Waals surface area contributed by atoms with Gasteiger partial charge < -0.3 is 10.1 Å². The Hall–Kier alpha value is -3.40. The van der Waals surface area contributed by atoms with Crippen molar-refractivity contribution >= 4 is 23.4 Å². The van der Waals surface area contributed by atoms with Gasteiger partial charge >= 0.3 is 0 Å². The SMILES string of the molecule is COc1cccc(CSc2nnc(C(C)NC(=O)CCC3CCCC3)n2-c2ccc([N+](=O)[O-])cc2)c1. The van der Waals surface area contributed by atoms with Crippen molar-refractivity contribution in [2.24, 2.45) is 5.92 Å². The molecular weight excluding hydrogens is 478 g/mol. The standard InChI is InChI=1S/C26H31N5O4S/c1-18(27-24(32)15-10-19-6-3-4-7-19)25-28-29-26(36-17-20-8-5-9-23(16-20)35-2)30(25)21-11-13-22(14-12-21)31(33)34/h5,8-9,11-14,16,18-19H,3-4,6-7,10,15,17H2,1-2H3,(H,27,32). The highest BCUT2D eigenvalue weighted by molar-refractivity contribution is 7.98. The number of nitrogens with zero attached hydrogens (tertiary/aromatic N) is 4. The molecule has 1 aromatic heterocycles. The Morgan fingerprint density at radius 2 is 1.97 bits per heavy atom. The molecule has 1 amide bonds. The van der Waals surface area contributed by atoms with E-state index in [9.17, 15) is 14.9 Å². The predicted molar refractivity (Wildman–Crippen MR) is 138 cm³/mol. The van der Waals surface area contributed by atoms with Crippen molar-refractivity contribution in [3.8, 4) is 11.4 Å². The third-order valence-corrected chi connectivity index (χ3v) is 7.50. The number of benzene rings is 2. The smallest absolute Gasteiger partial charge is 0.269 e. The lowest BCUT2D eigenvalue weighted by Crippen LogP contribution is -2.28. The van der Waals surface area contributed by atoms with Gasteiger partial charge in [0.2, 0.25) is 5.91 Å². The lowest BCUT2D eigenvalue weighted by molar-refractivity contribution is -0.384. The number of carbonyl (C=O) groups excluding carboxylic acids is 1. The van der Waals surface area contributed by atoms with E-state index in [2.05, 4.69) is 15.5 Å². The highest BCUT2D eigenvalue weighted by Gasteiger charge is 2.23. The maximum absolute atomic E-state index is 12.7. The topological polar surface area (TPSA) is 112 Å². The lowest BCUT2D eigenvalue weighted by Gasteiger charge is -2.17. The number of hydrogen-bond acceptors (Lipinski definition) is 7. The van der Waals surface area contributed by atoms with Gasteiger partial charge in [-0.1, -0.05) is 49.6 Å². The normalized spacial score (nSPS) is 14.5. The summed E-state index contributed by atoms with van der Waals surface area (Å²) < 4.78 is 7.18. The largest absolute Gasteiger partial charge is 0.497 e. The second-order valence-corrected chi connectivity index (χ2v) is 10.0. The summed E-state index contributed by atoms with van der Waals surface area (Å²) in [6.07, 6.45) is 6.36. The van der Waals surface area contributed by atoms with E-state index in [1.54, 1.807) is 19.2 Å². The molecule has 3 aromatic rings. The van der Waals surface area contributed by atoms with Crippen LogP contribution in [-0.4, -0.2) is 32.7 Å². The molecule has 0 spiro atoms. The zero-order valence-corrected chi connectivity index (χ0v) is 21.4. The summed E-state index contributed by atoms with van der Waals surface area (Å²) in [6, 6.07) is 13.7. The maximum atomic E-state index is 12.7. The summed E-state index contributed by atoms with van der Waals surface area (Å²) in [5.41, 5.74) is 1.76. The number of nitrogens with one attached hydrogen (secondary N) is 1. The molecule has 1 fully saturated rings. The average molecular weight is 510 g/mol. The quantitative estimate of drug-likeness (QED) is 0.203. The molecule has 9 nitrogen and oxygen atoms in total. The van der Waals surface area contributed by atoms with Gasteiger partial charge in [0.15, 0.2) is 11.0 Å². The molecule has 36 heavy (non-hydrogen) atoms. The number of non-ortho nitro benzene ring substituents is 1. The molecule has 0 radical (unpaired) electrons. The summed E-state index contributed by atoms with van der Waals surface area (Å²) >= 11 is 1.50. The van der Waals surface area contributed by atoms with Crippen LogP contribution < -0.4 is 10.1 Å². The summed E-state index contributed by atoms with van der Waals surface area (Å²) in [6.45, 7) is 1.88. The molecular formula is C26H31N5O4S. The zero-order chi connectivity index (χ0) is 25.5. The van der Waals surface area contributed by atoms with Crippen molar-refractivity contribution in [2.75, 3.05) is 7.11 Å². The van der Waals surface area contributed by atoms with Gasteiger partial charge in [-0.2, -0.15) is 0 Å². The molecule has 0 saturated heterocycles. The number of nitro groups is 1. The number of aromatic nitrogens is 3. The Kier molecular flexibility index (Phi) is 8.58. The Morgan fingerprint density at radius 3 is 2.67 bits per heavy atom. The van der Waals surface area contributed by atoms with E-state index in [4.69, 9.17) is 4.74 Å². The number of hydrogen-bond donors (Lipinski definition) is 1. The summed E-state index contributed by atoms with van der Waals surface area (Å²) in [4.78, 5) is 23.4. The molecule has 1 N–H and O–H groups in total. The van der Waals surface area contributed by atoms with Crippen LogP contribution in [-0.2, 0) is 10.5 Å². The molecule has 190 valence electrons. The van der Waals surface area contributed by atoms with Crippen molar-refractivity contribution < 1.29 is 14.5 Å². The fourth-order valence-electron chi connectivity index (χ4n) is 4.54. The van der Waals surface area contributed by atoms with Gasteiger partial charge in [-0.25, -0.2) is 0 Å². The van der Waals surface area contributed by atoms with Crippen LogP contribution in [0.1, 0.15) is 62.9 Å². The van der Waals surface area contributed by atoms with Gasteiger partial charge in [0, 0.05) is 30.0 Å². The summed E-state index contributed by atoms with van der Waals surface area (Å²) in [5.74, 6) is 2.63. The molecule has 10 heteroatoms. The average Bonchev–Trinajstić information content (AvgIpc) is 3.56. The van der Waals surface area contributed by atoms with E-state index in [1.807, 2.05) is 35.8 Å². The van der Waals surface area contributed by atoms with Crippen LogP contribution in [0.3, 0.4) is 0 Å². The Bertz CT molecular complexity index is 1190. The van der Waals surface area contributed by atoms with Crippen LogP contribution in [0.15, 0.2) is 53.7 Å². The molecule has 0 bridgehead atoms. The number of methoxy groups -OCH3 is 1. The first-order valence-electron chi connectivity index (χ1n) is 12.2. The first kappa shape index (κ1) is 25.7. The third-order valence-electron chi connectivity index (χ3n) is 6.50. The number of thioether (sulfide) groups is 1. The number of carbonyl (C=O) groups is 1. The molecule has 1 atom stereocenters. The minimum atomic E-state index is -0.428. The second-order valence-electron chi connectivity index (χ2n) is 9.07. The van der Waals surface area contributed by atoms with Crippen molar-refractivity contribution in [1.82, 2.24) is 20.1 Å². The van der Waals surface area contributed by atoms with Gasteiger partial charge in [-0.3, -0.25) is 19.5 Å². The zero-order valence-electron chi connectivity index (χ0n) is 20.6. The Morgan fingerprint density at radius 1 is 1.22 bits per heavy atom. The highest BCUT2D eigenvalue weighted by Crippen LogP contribution is 2.30. The Balaban J connectivity index is 1.54. The molecule has 2 aromatic carbocycles. The molecule has 1 heterocycles. The fourth-order valence-corrected chi connectivity index (χ4v) is 5.45. The van der Waals surface area contributed by atoms with Crippen molar-refractivity contribution in [3.05, 3.63) is 70.0 Å². The minimum absolute atomic E-state index is 0.00164. The predicted octanol–water partition coefficient (Wildman–Crippen LogP) is 5.62. The second kappa shape index (κ2) is 12.0. The molecule has 1 unspecified atom stereocenters. The van der Waals surface area contributed by atoms with Crippen molar-refractivity contribution in [1.29, 1.82) is 0 Å². The Labute approximate surface area is 214 Å². The number of ether oxygens (including phenoxy) is 1. The molecule has 4 rings (SSSR count). The van der Waals surface area contributed by atoms with Gasteiger partial charge in [0.25, 0.3) is 5.69 Å². The highest BCUT2D eigenvalue weighted by atomic mass is 32.2. The van der Waals surface area contributed by atoms with E-state index in [-0.39, 0.29) is 17.6 Å². The van der Waals surface area contributed by atoms with Crippen molar-refractivity contribution in [3.63, 3.8) is 0 Å². The van der Waals surface area contributed by atoms with Crippen LogP contribution in [0.4, 0.5) is 5.69 Å². The van der Waals surface area contributed by atoms with E-state index in [1.165, 1.54) is 49.6 Å². The number of amides is 1. The monoisotopic (exact) mass is 509 g/mol. The van der Waals surface area contributed by atoms with E-state index < -0.39 is 4.92 Å². The van der Waals surface area contributed by atoms with Crippen LogP contribution in [0.5, 0.6) is 5.75 Å². The van der Waals surface area contributed by atoms with Gasteiger partial charge in [-0.15, -0.1) is 10.2 Å². The van der Waals surface area contributed by atoms with Gasteiger partial charge in [-0.05, 0) is 49.1 Å². The van der Waals surface area contributed by atoms with Gasteiger partial charge in [0.05, 0.1) is 18.1 Å². The summed E-state index contributed by atoms with van der Waals surface area (Å²) in [7, 11) is 1.63. The third kappa shape index (κ3) is 6.42. The molecule has 0 aliphatic heterocycles. The molecule has 1 aliphatic rings. The first-order valence-corrected chi connectivity index (χ1v) is 13.2. The van der Waals surface area contributed by atoms with E-state index >= 15 is 0 Å². The van der Waals surface area contributed by atoms with E-state index in [0.717, 1.165) is 17.7 Å². The summed E-state index contributed by atoms with van der Waals surface area (Å²) in [5, 5.41) is 23.7. The number of rotatable bonds is 11. The van der Waals surface area contributed by atoms with Crippen LogP contribution >= 0.6 is 11.8 Å².